The Morgan fingerprint density at radius 1 is 1.40 bits per heavy atom. The molecule has 1 saturated heterocycles. The summed E-state index contributed by atoms with van der Waals surface area (Å²) in [6.45, 7) is 1.80. The van der Waals surface area contributed by atoms with Crippen LogP contribution in [-0.4, -0.2) is 54.5 Å². The first-order chi connectivity index (χ1) is 14.6. The summed E-state index contributed by atoms with van der Waals surface area (Å²) in [4.78, 5) is 30.7. The molecular formula is C22H27FN4O3. The molecule has 0 saturated carbocycles. The van der Waals surface area contributed by atoms with Crippen molar-refractivity contribution >= 4 is 11.8 Å². The summed E-state index contributed by atoms with van der Waals surface area (Å²) >= 11 is 0. The van der Waals surface area contributed by atoms with Crippen molar-refractivity contribution in [2.24, 2.45) is 0 Å². The molecule has 2 heterocycles. The topological polar surface area (TPSA) is 83.6 Å². The minimum Gasteiger partial charge on any atom is -0.497 e. The Hall–Kier alpha value is -3.00. The minimum atomic E-state index is -0.626. The number of ether oxygens (including phenoxy) is 1. The number of aryl methyl sites for hydroxylation is 1. The molecule has 0 unspecified atom stereocenters. The molecule has 1 aromatic heterocycles. The van der Waals surface area contributed by atoms with E-state index in [9.17, 15) is 14.0 Å². The van der Waals surface area contributed by atoms with E-state index in [1.165, 1.54) is 13.2 Å². The van der Waals surface area contributed by atoms with Crippen LogP contribution in [0.4, 0.5) is 4.39 Å². The van der Waals surface area contributed by atoms with Crippen molar-refractivity contribution in [3.63, 3.8) is 0 Å². The molecule has 0 bridgehead atoms. The zero-order chi connectivity index (χ0) is 21.3. The largest absolute Gasteiger partial charge is 0.497 e. The van der Waals surface area contributed by atoms with Gasteiger partial charge >= 0.3 is 0 Å². The summed E-state index contributed by atoms with van der Waals surface area (Å²) in [6.07, 6.45) is 5.18. The molecule has 1 aliphatic heterocycles. The van der Waals surface area contributed by atoms with Crippen LogP contribution in [0.25, 0.3) is 0 Å². The fourth-order valence-corrected chi connectivity index (χ4v) is 3.49. The normalized spacial score (nSPS) is 16.7. The van der Waals surface area contributed by atoms with Crippen LogP contribution in [0.1, 0.15) is 24.0 Å². The summed E-state index contributed by atoms with van der Waals surface area (Å²) in [5.74, 6) is -0.349. The van der Waals surface area contributed by atoms with Gasteiger partial charge in [0, 0.05) is 50.2 Å². The van der Waals surface area contributed by atoms with E-state index >= 15 is 0 Å². The molecule has 0 spiro atoms. The molecule has 1 aliphatic rings. The lowest BCUT2D eigenvalue weighted by Gasteiger charge is -2.34. The maximum atomic E-state index is 14.3. The fourth-order valence-electron chi connectivity index (χ4n) is 3.49. The van der Waals surface area contributed by atoms with Crippen LogP contribution in [0.2, 0.25) is 0 Å². The number of benzene rings is 1. The van der Waals surface area contributed by atoms with Crippen molar-refractivity contribution in [2.75, 3.05) is 26.7 Å². The van der Waals surface area contributed by atoms with Crippen LogP contribution in [0.5, 0.6) is 5.75 Å². The van der Waals surface area contributed by atoms with Crippen molar-refractivity contribution < 1.29 is 18.7 Å². The summed E-state index contributed by atoms with van der Waals surface area (Å²) in [5.41, 5.74) is 1.58. The van der Waals surface area contributed by atoms with Crippen molar-refractivity contribution in [2.45, 2.75) is 31.8 Å². The molecule has 160 valence electrons. The first-order valence-corrected chi connectivity index (χ1v) is 10.1. The van der Waals surface area contributed by atoms with E-state index in [1.54, 1.807) is 18.3 Å². The molecule has 0 radical (unpaired) electrons. The van der Waals surface area contributed by atoms with Gasteiger partial charge < -0.3 is 15.4 Å². The number of piperazine rings is 1. The predicted octanol–water partition coefficient (Wildman–Crippen LogP) is 1.67. The number of halogens is 1. The quantitative estimate of drug-likeness (QED) is 0.610. The number of pyridine rings is 1. The summed E-state index contributed by atoms with van der Waals surface area (Å²) in [7, 11) is 1.48. The second kappa shape index (κ2) is 10.7. The third kappa shape index (κ3) is 6.00. The van der Waals surface area contributed by atoms with Crippen molar-refractivity contribution in [1.29, 1.82) is 0 Å². The van der Waals surface area contributed by atoms with E-state index in [2.05, 4.69) is 15.6 Å². The maximum absolute atomic E-state index is 14.3. The number of methoxy groups -OCH3 is 1. The van der Waals surface area contributed by atoms with Crippen molar-refractivity contribution in [1.82, 2.24) is 20.5 Å². The third-order valence-corrected chi connectivity index (χ3v) is 5.14. The van der Waals surface area contributed by atoms with Gasteiger partial charge in [0.05, 0.1) is 19.6 Å². The average molecular weight is 414 g/mol. The highest BCUT2D eigenvalue weighted by molar-refractivity contribution is 5.88. The SMILES string of the molecule is COc1ccc(CN2CCNC(=O)[C@@H]2CC(=O)NCCCc2cccnc2)c(F)c1. The lowest BCUT2D eigenvalue weighted by Crippen LogP contribution is -2.56. The van der Waals surface area contributed by atoms with Gasteiger partial charge in [0.2, 0.25) is 11.8 Å². The van der Waals surface area contributed by atoms with E-state index in [1.807, 2.05) is 23.2 Å². The van der Waals surface area contributed by atoms with Gasteiger partial charge in [0.25, 0.3) is 0 Å². The van der Waals surface area contributed by atoms with Gasteiger partial charge in [-0.3, -0.25) is 19.5 Å². The molecule has 2 amide bonds. The number of nitrogens with one attached hydrogen (secondary N) is 2. The van der Waals surface area contributed by atoms with E-state index in [0.717, 1.165) is 18.4 Å². The standard InChI is InChI=1S/C22H27FN4O3/c1-30-18-7-6-17(19(23)12-18)15-27-11-10-26-22(29)20(27)13-21(28)25-9-3-5-16-4-2-8-24-14-16/h2,4,6-8,12,14,20H,3,5,9-11,13,15H2,1H3,(H,25,28)(H,26,29)/t20-/m0/s1. The first kappa shape index (κ1) is 21.7. The minimum absolute atomic E-state index is 0.0382. The molecule has 2 aromatic rings. The maximum Gasteiger partial charge on any atom is 0.237 e. The van der Waals surface area contributed by atoms with Gasteiger partial charge in [-0.15, -0.1) is 0 Å². The van der Waals surface area contributed by atoms with Crippen molar-refractivity contribution in [3.05, 3.63) is 59.7 Å². The highest BCUT2D eigenvalue weighted by Gasteiger charge is 2.32. The Labute approximate surface area is 175 Å². The monoisotopic (exact) mass is 414 g/mol. The summed E-state index contributed by atoms with van der Waals surface area (Å²) in [6, 6.07) is 7.91. The number of hydrogen-bond acceptors (Lipinski definition) is 5. The summed E-state index contributed by atoms with van der Waals surface area (Å²) in [5, 5.41) is 5.67. The van der Waals surface area contributed by atoms with Crippen LogP contribution in [0, 0.1) is 5.82 Å². The van der Waals surface area contributed by atoms with Crippen LogP contribution in [-0.2, 0) is 22.6 Å². The van der Waals surface area contributed by atoms with E-state index in [4.69, 9.17) is 4.74 Å². The Morgan fingerprint density at radius 3 is 3.00 bits per heavy atom. The molecule has 0 aliphatic carbocycles. The van der Waals surface area contributed by atoms with E-state index in [-0.39, 0.29) is 30.6 Å². The number of nitrogens with zero attached hydrogens (tertiary/aromatic N) is 2. The van der Waals surface area contributed by atoms with Gasteiger partial charge in [-0.05, 0) is 30.5 Å². The molecule has 1 atom stereocenters. The van der Waals surface area contributed by atoms with Gasteiger partial charge in [-0.2, -0.15) is 0 Å². The predicted molar refractivity (Wildman–Crippen MR) is 110 cm³/mol. The number of carbonyl (C=O) groups excluding carboxylic acids is 2. The zero-order valence-corrected chi connectivity index (χ0v) is 17.1. The molecule has 7 nitrogen and oxygen atoms in total. The first-order valence-electron chi connectivity index (χ1n) is 10.1. The van der Waals surface area contributed by atoms with Gasteiger partial charge in [0.1, 0.15) is 11.6 Å². The van der Waals surface area contributed by atoms with Crippen LogP contribution in [0.3, 0.4) is 0 Å². The lowest BCUT2D eigenvalue weighted by atomic mass is 10.1. The van der Waals surface area contributed by atoms with Crippen LogP contribution >= 0.6 is 0 Å². The number of carbonyl (C=O) groups is 2. The Bertz CT molecular complexity index is 863. The summed E-state index contributed by atoms with van der Waals surface area (Å²) < 4.78 is 19.4. The van der Waals surface area contributed by atoms with Gasteiger partial charge in [-0.1, -0.05) is 12.1 Å². The Morgan fingerprint density at radius 2 is 2.27 bits per heavy atom. The Balaban J connectivity index is 1.52. The number of aromatic nitrogens is 1. The smallest absolute Gasteiger partial charge is 0.237 e. The molecule has 8 heteroatoms. The molecule has 1 aromatic carbocycles. The molecule has 1 fully saturated rings. The number of amides is 2. The second-order valence-corrected chi connectivity index (χ2v) is 7.25. The van der Waals surface area contributed by atoms with Crippen LogP contribution < -0.4 is 15.4 Å². The van der Waals surface area contributed by atoms with E-state index < -0.39 is 6.04 Å². The second-order valence-electron chi connectivity index (χ2n) is 7.25. The fraction of sp³-hybridized carbons (Fsp3) is 0.409. The molecular weight excluding hydrogens is 387 g/mol. The average Bonchev–Trinajstić information content (AvgIpc) is 2.75. The van der Waals surface area contributed by atoms with Gasteiger partial charge in [0.15, 0.2) is 0 Å². The molecule has 30 heavy (non-hydrogen) atoms. The van der Waals surface area contributed by atoms with Crippen LogP contribution in [0.15, 0.2) is 42.7 Å². The third-order valence-electron chi connectivity index (χ3n) is 5.14. The Kier molecular flexibility index (Phi) is 7.73. The van der Waals surface area contributed by atoms with Crippen molar-refractivity contribution in [3.8, 4) is 5.75 Å². The highest BCUT2D eigenvalue weighted by atomic mass is 19.1. The number of hydrogen-bond donors (Lipinski definition) is 2. The van der Waals surface area contributed by atoms with Gasteiger partial charge in [-0.25, -0.2) is 4.39 Å². The number of rotatable bonds is 9. The van der Waals surface area contributed by atoms with E-state index in [0.29, 0.717) is 30.9 Å². The zero-order valence-electron chi connectivity index (χ0n) is 17.1. The highest BCUT2D eigenvalue weighted by Crippen LogP contribution is 2.20. The lowest BCUT2D eigenvalue weighted by molar-refractivity contribution is -0.134. The molecule has 2 N–H and O–H groups in total. The molecule has 3 rings (SSSR count).